The quantitative estimate of drug-likeness (QED) is 0.840. The Labute approximate surface area is 143 Å². The molecule has 1 N–H and O–H groups in total. The van der Waals surface area contributed by atoms with Crippen molar-refractivity contribution in [2.24, 2.45) is 0 Å². The monoisotopic (exact) mass is 347 g/mol. The van der Waals surface area contributed by atoms with Crippen molar-refractivity contribution in [3.05, 3.63) is 64.7 Å². The van der Waals surface area contributed by atoms with E-state index < -0.39 is 24.4 Å². The normalized spacial score (nSPS) is 9.92. The van der Waals surface area contributed by atoms with Gasteiger partial charge in [-0.15, -0.1) is 0 Å². The molecule has 0 spiro atoms. The molecular formula is C17H14ClNO5. The van der Waals surface area contributed by atoms with Gasteiger partial charge in [-0.2, -0.15) is 0 Å². The molecule has 0 radical (unpaired) electrons. The minimum atomic E-state index is -0.758. The zero-order valence-electron chi connectivity index (χ0n) is 12.7. The minimum absolute atomic E-state index is 0.142. The lowest BCUT2D eigenvalue weighted by atomic mass is 10.2. The summed E-state index contributed by atoms with van der Waals surface area (Å²) < 4.78 is 9.89. The van der Waals surface area contributed by atoms with E-state index in [4.69, 9.17) is 21.1 Å². The summed E-state index contributed by atoms with van der Waals surface area (Å²) in [5, 5.41) is 2.34. The van der Waals surface area contributed by atoms with E-state index >= 15 is 0 Å². The fourth-order valence-corrected chi connectivity index (χ4v) is 2.11. The van der Waals surface area contributed by atoms with Gasteiger partial charge in [0.05, 0.1) is 23.3 Å². The molecule has 0 aliphatic heterocycles. The lowest BCUT2D eigenvalue weighted by molar-refractivity contribution is -0.123. The number of benzene rings is 2. The van der Waals surface area contributed by atoms with Crippen LogP contribution in [-0.2, 0) is 9.53 Å². The summed E-state index contributed by atoms with van der Waals surface area (Å²) in [6.45, 7) is -0.606. The molecule has 124 valence electrons. The fraction of sp³-hybridized carbons (Fsp3) is 0.118. The van der Waals surface area contributed by atoms with Crippen LogP contribution in [0.25, 0.3) is 0 Å². The molecule has 2 rings (SSSR count). The first-order chi connectivity index (χ1) is 11.5. The Hall–Kier alpha value is -2.86. The largest absolute Gasteiger partial charge is 0.496 e. The van der Waals surface area contributed by atoms with Crippen LogP contribution in [0.2, 0.25) is 5.02 Å². The second-order valence-electron chi connectivity index (χ2n) is 4.63. The van der Waals surface area contributed by atoms with Crippen molar-refractivity contribution in [3.8, 4) is 5.75 Å². The number of hydrogen-bond donors (Lipinski definition) is 1. The van der Waals surface area contributed by atoms with E-state index in [2.05, 4.69) is 5.32 Å². The van der Waals surface area contributed by atoms with Gasteiger partial charge in [0.1, 0.15) is 5.75 Å². The lowest BCUT2D eigenvalue weighted by Gasteiger charge is -2.09. The first-order valence-corrected chi connectivity index (χ1v) is 7.29. The van der Waals surface area contributed by atoms with Gasteiger partial charge in [0, 0.05) is 0 Å². The van der Waals surface area contributed by atoms with Crippen molar-refractivity contribution in [3.63, 3.8) is 0 Å². The third-order valence-electron chi connectivity index (χ3n) is 3.03. The Bertz CT molecular complexity index is 775. The number of amides is 2. The molecular weight excluding hydrogens is 334 g/mol. The molecule has 24 heavy (non-hydrogen) atoms. The predicted molar refractivity (Wildman–Crippen MR) is 87.2 cm³/mol. The third-order valence-corrected chi connectivity index (χ3v) is 3.36. The SMILES string of the molecule is COc1ccccc1C(=O)NC(=O)COC(=O)c1ccccc1Cl. The molecule has 0 saturated heterocycles. The highest BCUT2D eigenvalue weighted by molar-refractivity contribution is 6.33. The third kappa shape index (κ3) is 4.33. The number of halogens is 1. The van der Waals surface area contributed by atoms with Gasteiger partial charge in [0.25, 0.3) is 11.8 Å². The van der Waals surface area contributed by atoms with E-state index in [9.17, 15) is 14.4 Å². The molecule has 0 unspecified atom stereocenters. The van der Waals surface area contributed by atoms with Gasteiger partial charge in [0.15, 0.2) is 6.61 Å². The topological polar surface area (TPSA) is 81.7 Å². The smallest absolute Gasteiger partial charge is 0.340 e. The molecule has 0 aliphatic carbocycles. The Morgan fingerprint density at radius 2 is 1.62 bits per heavy atom. The molecule has 2 aromatic carbocycles. The summed E-state index contributed by atoms with van der Waals surface area (Å²) >= 11 is 5.86. The zero-order valence-corrected chi connectivity index (χ0v) is 13.5. The second kappa shape index (κ2) is 8.12. The predicted octanol–water partition coefficient (Wildman–Crippen LogP) is 2.46. The number of imide groups is 1. The van der Waals surface area contributed by atoms with Crippen LogP contribution in [0.15, 0.2) is 48.5 Å². The van der Waals surface area contributed by atoms with Gasteiger partial charge < -0.3 is 9.47 Å². The highest BCUT2D eigenvalue weighted by atomic mass is 35.5. The molecule has 2 amide bonds. The fourth-order valence-electron chi connectivity index (χ4n) is 1.90. The number of para-hydroxylation sites is 1. The van der Waals surface area contributed by atoms with E-state index in [1.54, 1.807) is 30.3 Å². The maximum atomic E-state index is 12.0. The average Bonchev–Trinajstić information content (AvgIpc) is 2.60. The Morgan fingerprint density at radius 1 is 1.00 bits per heavy atom. The molecule has 0 aliphatic rings. The molecule has 0 atom stereocenters. The molecule has 0 aromatic heterocycles. The van der Waals surface area contributed by atoms with E-state index in [-0.39, 0.29) is 16.1 Å². The van der Waals surface area contributed by atoms with Crippen LogP contribution in [0.1, 0.15) is 20.7 Å². The van der Waals surface area contributed by atoms with Crippen molar-refractivity contribution in [2.45, 2.75) is 0 Å². The first kappa shape index (κ1) is 17.5. The van der Waals surface area contributed by atoms with Crippen LogP contribution in [0, 0.1) is 0 Å². The Morgan fingerprint density at radius 3 is 2.29 bits per heavy atom. The number of carbonyl (C=O) groups excluding carboxylic acids is 3. The van der Waals surface area contributed by atoms with Gasteiger partial charge in [-0.05, 0) is 24.3 Å². The van der Waals surface area contributed by atoms with Crippen molar-refractivity contribution in [2.75, 3.05) is 13.7 Å². The highest BCUT2D eigenvalue weighted by Crippen LogP contribution is 2.17. The van der Waals surface area contributed by atoms with E-state index in [1.807, 2.05) is 0 Å². The molecule has 0 bridgehead atoms. The first-order valence-electron chi connectivity index (χ1n) is 6.91. The molecule has 0 fully saturated rings. The van der Waals surface area contributed by atoms with Crippen LogP contribution >= 0.6 is 11.6 Å². The summed E-state index contributed by atoms with van der Waals surface area (Å²) in [7, 11) is 1.42. The zero-order chi connectivity index (χ0) is 17.5. The standard InChI is InChI=1S/C17H14ClNO5/c1-23-14-9-5-3-7-12(14)16(21)19-15(20)10-24-17(22)11-6-2-4-8-13(11)18/h2-9H,10H2,1H3,(H,19,20,21). The maximum absolute atomic E-state index is 12.0. The molecule has 2 aromatic rings. The number of esters is 1. The maximum Gasteiger partial charge on any atom is 0.340 e. The highest BCUT2D eigenvalue weighted by Gasteiger charge is 2.17. The van der Waals surface area contributed by atoms with Crippen molar-refractivity contribution < 1.29 is 23.9 Å². The number of rotatable bonds is 5. The minimum Gasteiger partial charge on any atom is -0.496 e. The van der Waals surface area contributed by atoms with Gasteiger partial charge in [-0.1, -0.05) is 35.9 Å². The summed E-state index contributed by atoms with van der Waals surface area (Å²) in [6, 6.07) is 12.7. The van der Waals surface area contributed by atoms with Crippen LogP contribution in [0.3, 0.4) is 0 Å². The molecule has 7 heteroatoms. The lowest BCUT2D eigenvalue weighted by Crippen LogP contribution is -2.34. The summed E-state index contributed by atoms with van der Waals surface area (Å²) in [6.07, 6.45) is 0. The van der Waals surface area contributed by atoms with Crippen molar-refractivity contribution >= 4 is 29.4 Å². The van der Waals surface area contributed by atoms with Crippen molar-refractivity contribution in [1.82, 2.24) is 5.32 Å². The molecule has 0 saturated carbocycles. The van der Waals surface area contributed by atoms with Gasteiger partial charge >= 0.3 is 5.97 Å². The summed E-state index contributed by atoms with van der Waals surface area (Å²) in [5.74, 6) is -1.83. The number of nitrogens with one attached hydrogen (secondary N) is 1. The second-order valence-corrected chi connectivity index (χ2v) is 5.04. The van der Waals surface area contributed by atoms with Gasteiger partial charge in [-0.25, -0.2) is 4.79 Å². The molecule has 0 heterocycles. The summed E-state index contributed by atoms with van der Waals surface area (Å²) in [5.41, 5.74) is 0.341. The molecule has 6 nitrogen and oxygen atoms in total. The van der Waals surface area contributed by atoms with E-state index in [0.29, 0.717) is 5.75 Å². The average molecular weight is 348 g/mol. The van der Waals surface area contributed by atoms with E-state index in [0.717, 1.165) is 0 Å². The Kier molecular flexibility index (Phi) is 5.92. The Balaban J connectivity index is 1.93. The number of hydrogen-bond acceptors (Lipinski definition) is 5. The number of carbonyl (C=O) groups is 3. The summed E-state index contributed by atoms with van der Waals surface area (Å²) in [4.78, 5) is 35.6. The van der Waals surface area contributed by atoms with Crippen LogP contribution < -0.4 is 10.1 Å². The van der Waals surface area contributed by atoms with Crippen molar-refractivity contribution in [1.29, 1.82) is 0 Å². The van der Waals surface area contributed by atoms with Gasteiger partial charge in [0.2, 0.25) is 0 Å². The number of ether oxygens (including phenoxy) is 2. The van der Waals surface area contributed by atoms with Crippen LogP contribution in [-0.4, -0.2) is 31.5 Å². The number of methoxy groups -OCH3 is 1. The van der Waals surface area contributed by atoms with Crippen LogP contribution in [0.5, 0.6) is 5.75 Å². The van der Waals surface area contributed by atoms with Crippen LogP contribution in [0.4, 0.5) is 0 Å². The van der Waals surface area contributed by atoms with E-state index in [1.165, 1.54) is 25.3 Å². The van der Waals surface area contributed by atoms with Gasteiger partial charge in [-0.3, -0.25) is 14.9 Å².